The first-order chi connectivity index (χ1) is 12.1. The highest BCUT2D eigenvalue weighted by atomic mass is 35.5. The van der Waals surface area contributed by atoms with E-state index in [0.29, 0.717) is 52.5 Å². The van der Waals surface area contributed by atoms with E-state index in [-0.39, 0.29) is 5.91 Å². The molecule has 7 heteroatoms. The molecule has 1 aliphatic heterocycles. The summed E-state index contributed by atoms with van der Waals surface area (Å²) < 4.78 is 21.9. The van der Waals surface area contributed by atoms with Gasteiger partial charge in [-0.3, -0.25) is 4.79 Å². The van der Waals surface area contributed by atoms with Gasteiger partial charge in [0.15, 0.2) is 11.5 Å². The van der Waals surface area contributed by atoms with Crippen LogP contribution in [0.4, 0.5) is 5.69 Å². The molecule has 2 aromatic carbocycles. The van der Waals surface area contributed by atoms with Gasteiger partial charge >= 0.3 is 0 Å². The van der Waals surface area contributed by atoms with Crippen molar-refractivity contribution in [2.24, 2.45) is 0 Å². The van der Waals surface area contributed by atoms with Crippen LogP contribution in [0.1, 0.15) is 16.8 Å². The second-order valence-electron chi connectivity index (χ2n) is 5.35. The van der Waals surface area contributed by atoms with Gasteiger partial charge in [-0.1, -0.05) is 11.6 Å². The Morgan fingerprint density at radius 1 is 1.04 bits per heavy atom. The Morgan fingerprint density at radius 2 is 1.72 bits per heavy atom. The summed E-state index contributed by atoms with van der Waals surface area (Å²) in [6, 6.07) is 8.26. The zero-order valence-electron chi connectivity index (χ0n) is 13.9. The number of benzene rings is 2. The predicted octanol–water partition coefficient (Wildman–Crippen LogP) is 3.77. The van der Waals surface area contributed by atoms with E-state index in [0.717, 1.165) is 6.42 Å². The van der Waals surface area contributed by atoms with Gasteiger partial charge in [0.25, 0.3) is 5.91 Å². The molecule has 1 heterocycles. The number of halogens is 1. The van der Waals surface area contributed by atoms with Gasteiger partial charge in [0.05, 0.1) is 38.7 Å². The van der Waals surface area contributed by atoms with Crippen LogP contribution in [0.5, 0.6) is 23.0 Å². The van der Waals surface area contributed by atoms with Crippen molar-refractivity contribution in [3.05, 3.63) is 40.9 Å². The number of rotatable bonds is 4. The van der Waals surface area contributed by atoms with E-state index in [4.69, 9.17) is 30.5 Å². The van der Waals surface area contributed by atoms with Gasteiger partial charge in [-0.25, -0.2) is 0 Å². The highest BCUT2D eigenvalue weighted by Crippen LogP contribution is 2.37. The molecule has 0 radical (unpaired) electrons. The molecule has 0 aliphatic carbocycles. The van der Waals surface area contributed by atoms with E-state index in [9.17, 15) is 4.79 Å². The van der Waals surface area contributed by atoms with Crippen LogP contribution in [0, 0.1) is 0 Å². The molecule has 132 valence electrons. The monoisotopic (exact) mass is 363 g/mol. The van der Waals surface area contributed by atoms with Crippen LogP contribution in [0.2, 0.25) is 5.02 Å². The number of carbonyl (C=O) groups excluding carboxylic acids is 1. The Hall–Kier alpha value is -2.60. The minimum atomic E-state index is -0.368. The molecule has 0 unspecified atom stereocenters. The standard InChI is InChI=1S/C18H18ClNO5/c1-22-14-5-4-11(19)8-13(14)20-18(21)12-9-16-17(10-15(12)23-2)25-7-3-6-24-16/h4-5,8-10H,3,6-7H2,1-2H3,(H,20,21). The summed E-state index contributed by atoms with van der Waals surface area (Å²) in [6.07, 6.45) is 0.776. The van der Waals surface area contributed by atoms with Crippen molar-refractivity contribution in [2.45, 2.75) is 6.42 Å². The molecule has 1 aliphatic rings. The van der Waals surface area contributed by atoms with Crippen LogP contribution in [0.25, 0.3) is 0 Å². The van der Waals surface area contributed by atoms with Crippen molar-refractivity contribution in [3.8, 4) is 23.0 Å². The second-order valence-corrected chi connectivity index (χ2v) is 5.78. The van der Waals surface area contributed by atoms with Gasteiger partial charge in [0.1, 0.15) is 11.5 Å². The molecule has 6 nitrogen and oxygen atoms in total. The molecular formula is C18H18ClNO5. The Labute approximate surface area is 150 Å². The van der Waals surface area contributed by atoms with Crippen LogP contribution in [-0.2, 0) is 0 Å². The third-order valence-electron chi connectivity index (χ3n) is 3.72. The van der Waals surface area contributed by atoms with Crippen LogP contribution >= 0.6 is 11.6 Å². The number of hydrogen-bond donors (Lipinski definition) is 1. The summed E-state index contributed by atoms with van der Waals surface area (Å²) in [7, 11) is 3.02. The maximum Gasteiger partial charge on any atom is 0.259 e. The molecule has 0 aromatic heterocycles. The molecule has 3 rings (SSSR count). The fourth-order valence-corrected chi connectivity index (χ4v) is 2.68. The minimum Gasteiger partial charge on any atom is -0.496 e. The maximum absolute atomic E-state index is 12.8. The third kappa shape index (κ3) is 3.74. The van der Waals surface area contributed by atoms with E-state index in [1.165, 1.54) is 14.2 Å². The first-order valence-corrected chi connectivity index (χ1v) is 8.12. The SMILES string of the molecule is COc1ccc(Cl)cc1NC(=O)c1cc2c(cc1OC)OCCCO2. The topological polar surface area (TPSA) is 66.0 Å². The Bertz CT molecular complexity index is 793. The van der Waals surface area contributed by atoms with Gasteiger partial charge in [0, 0.05) is 23.6 Å². The molecule has 0 spiro atoms. The Kier molecular flexibility index (Phi) is 5.19. The van der Waals surface area contributed by atoms with Crippen LogP contribution in [0.15, 0.2) is 30.3 Å². The largest absolute Gasteiger partial charge is 0.496 e. The van der Waals surface area contributed by atoms with E-state index in [1.54, 1.807) is 30.3 Å². The lowest BCUT2D eigenvalue weighted by Gasteiger charge is -2.15. The molecule has 0 bridgehead atoms. The average Bonchev–Trinajstić information content (AvgIpc) is 2.85. The van der Waals surface area contributed by atoms with E-state index in [1.807, 2.05) is 0 Å². The average molecular weight is 364 g/mol. The molecule has 25 heavy (non-hydrogen) atoms. The first-order valence-electron chi connectivity index (χ1n) is 7.75. The molecule has 2 aromatic rings. The van der Waals surface area contributed by atoms with Crippen LogP contribution in [-0.4, -0.2) is 33.3 Å². The summed E-state index contributed by atoms with van der Waals surface area (Å²) in [6.45, 7) is 1.09. The lowest BCUT2D eigenvalue weighted by molar-refractivity contribution is 0.102. The van der Waals surface area contributed by atoms with Crippen molar-refractivity contribution >= 4 is 23.2 Å². The Balaban J connectivity index is 1.94. The number of methoxy groups -OCH3 is 2. The molecule has 1 N–H and O–H groups in total. The summed E-state index contributed by atoms with van der Waals surface area (Å²) in [5.41, 5.74) is 0.794. The zero-order chi connectivity index (χ0) is 17.8. The highest BCUT2D eigenvalue weighted by molar-refractivity contribution is 6.31. The first kappa shape index (κ1) is 17.2. The predicted molar refractivity (Wildman–Crippen MR) is 94.6 cm³/mol. The number of anilines is 1. The smallest absolute Gasteiger partial charge is 0.259 e. The van der Waals surface area contributed by atoms with Crippen LogP contribution in [0.3, 0.4) is 0 Å². The van der Waals surface area contributed by atoms with Gasteiger partial charge < -0.3 is 24.3 Å². The highest BCUT2D eigenvalue weighted by Gasteiger charge is 2.21. The van der Waals surface area contributed by atoms with Gasteiger partial charge in [-0.05, 0) is 18.2 Å². The number of ether oxygens (including phenoxy) is 4. The zero-order valence-corrected chi connectivity index (χ0v) is 14.7. The number of hydrogen-bond acceptors (Lipinski definition) is 5. The molecule has 0 saturated carbocycles. The summed E-state index contributed by atoms with van der Waals surface area (Å²) >= 11 is 6.01. The van der Waals surface area contributed by atoms with E-state index in [2.05, 4.69) is 5.32 Å². The lowest BCUT2D eigenvalue weighted by Crippen LogP contribution is -2.14. The number of fused-ring (bicyclic) bond motifs is 1. The normalized spacial score (nSPS) is 12.9. The lowest BCUT2D eigenvalue weighted by atomic mass is 10.1. The summed E-state index contributed by atoms with van der Waals surface area (Å²) in [4.78, 5) is 12.8. The van der Waals surface area contributed by atoms with Gasteiger partial charge in [0.2, 0.25) is 0 Å². The minimum absolute atomic E-state index is 0.328. The van der Waals surface area contributed by atoms with Gasteiger partial charge in [-0.15, -0.1) is 0 Å². The van der Waals surface area contributed by atoms with E-state index < -0.39 is 0 Å². The number of amides is 1. The van der Waals surface area contributed by atoms with Crippen molar-refractivity contribution < 1.29 is 23.7 Å². The van der Waals surface area contributed by atoms with E-state index >= 15 is 0 Å². The van der Waals surface area contributed by atoms with Gasteiger partial charge in [-0.2, -0.15) is 0 Å². The molecule has 0 saturated heterocycles. The third-order valence-corrected chi connectivity index (χ3v) is 3.96. The fraction of sp³-hybridized carbons (Fsp3) is 0.278. The van der Waals surface area contributed by atoms with Crippen molar-refractivity contribution in [1.29, 1.82) is 0 Å². The molecule has 1 amide bonds. The quantitative estimate of drug-likeness (QED) is 0.895. The summed E-state index contributed by atoms with van der Waals surface area (Å²) in [5, 5.41) is 3.28. The van der Waals surface area contributed by atoms with Crippen molar-refractivity contribution in [1.82, 2.24) is 0 Å². The number of nitrogens with one attached hydrogen (secondary N) is 1. The summed E-state index contributed by atoms with van der Waals surface area (Å²) in [5.74, 6) is 1.61. The molecule has 0 atom stereocenters. The fourth-order valence-electron chi connectivity index (χ4n) is 2.50. The Morgan fingerprint density at radius 3 is 2.40 bits per heavy atom. The van der Waals surface area contributed by atoms with Crippen molar-refractivity contribution in [3.63, 3.8) is 0 Å². The molecule has 0 fully saturated rings. The van der Waals surface area contributed by atoms with Crippen molar-refractivity contribution in [2.75, 3.05) is 32.8 Å². The molecular weight excluding hydrogens is 346 g/mol. The maximum atomic E-state index is 12.8. The second kappa shape index (κ2) is 7.53. The van der Waals surface area contributed by atoms with Crippen LogP contribution < -0.4 is 24.3 Å². The number of carbonyl (C=O) groups is 1.